The Labute approximate surface area is 104 Å². The predicted molar refractivity (Wildman–Crippen MR) is 68.8 cm³/mol. The largest absolute Gasteiger partial charge is 0.389 e. The van der Waals surface area contributed by atoms with Crippen LogP contribution >= 0.6 is 0 Å². The summed E-state index contributed by atoms with van der Waals surface area (Å²) in [6.45, 7) is 9.83. The maximum Gasteiger partial charge on any atom is 0.234 e. The molecular formula is C13H26N2O2. The Hall–Kier alpha value is -0.610. The van der Waals surface area contributed by atoms with Gasteiger partial charge in [0, 0.05) is 12.1 Å². The average molecular weight is 242 g/mol. The summed E-state index contributed by atoms with van der Waals surface area (Å²) in [5.74, 6) is 0.0505. The third-order valence-corrected chi connectivity index (χ3v) is 3.48. The second-order valence-corrected chi connectivity index (χ2v) is 6.10. The molecule has 100 valence electrons. The molecule has 1 rings (SSSR count). The Morgan fingerprint density at radius 1 is 1.53 bits per heavy atom. The summed E-state index contributed by atoms with van der Waals surface area (Å²) in [6.07, 6.45) is 2.69. The van der Waals surface area contributed by atoms with Gasteiger partial charge in [0.1, 0.15) is 0 Å². The number of carbonyl (C=O) groups excluding carboxylic acids is 1. The highest BCUT2D eigenvalue weighted by molar-refractivity contribution is 5.78. The summed E-state index contributed by atoms with van der Waals surface area (Å²) in [5.41, 5.74) is -0.784. The van der Waals surface area contributed by atoms with Gasteiger partial charge >= 0.3 is 0 Å². The second-order valence-electron chi connectivity index (χ2n) is 6.10. The minimum absolute atomic E-state index is 0.0505. The SMILES string of the molecule is CCC(C)(C)NC(=O)CN1CCCC(C)(O)C1. The standard InChI is InChI=1S/C13H26N2O2/c1-5-12(2,3)14-11(16)9-15-8-6-7-13(4,17)10-15/h17H,5-10H2,1-4H3,(H,14,16). The molecule has 0 saturated carbocycles. The molecule has 1 unspecified atom stereocenters. The van der Waals surface area contributed by atoms with Crippen LogP contribution in [0.2, 0.25) is 0 Å². The summed E-state index contributed by atoms with van der Waals surface area (Å²) in [4.78, 5) is 13.9. The van der Waals surface area contributed by atoms with E-state index in [1.807, 2.05) is 25.7 Å². The fourth-order valence-corrected chi connectivity index (χ4v) is 2.17. The Morgan fingerprint density at radius 2 is 2.18 bits per heavy atom. The lowest BCUT2D eigenvalue weighted by Gasteiger charge is -2.37. The molecule has 0 aromatic carbocycles. The molecule has 0 bridgehead atoms. The first-order valence-electron chi connectivity index (χ1n) is 6.50. The predicted octanol–water partition coefficient (Wildman–Crippen LogP) is 1.14. The number of nitrogens with zero attached hydrogens (tertiary/aromatic N) is 1. The van der Waals surface area contributed by atoms with Gasteiger partial charge < -0.3 is 10.4 Å². The van der Waals surface area contributed by atoms with Gasteiger partial charge in [0.15, 0.2) is 0 Å². The molecule has 0 spiro atoms. The molecule has 1 fully saturated rings. The van der Waals surface area contributed by atoms with Crippen LogP contribution in [0, 0.1) is 0 Å². The van der Waals surface area contributed by atoms with Crippen LogP contribution in [0.3, 0.4) is 0 Å². The number of nitrogens with one attached hydrogen (secondary N) is 1. The molecule has 0 aliphatic carbocycles. The van der Waals surface area contributed by atoms with E-state index < -0.39 is 5.60 Å². The topological polar surface area (TPSA) is 52.6 Å². The van der Waals surface area contributed by atoms with Crippen LogP contribution < -0.4 is 5.32 Å². The van der Waals surface area contributed by atoms with Crippen LogP contribution in [0.5, 0.6) is 0 Å². The number of hydrogen-bond donors (Lipinski definition) is 2. The zero-order valence-electron chi connectivity index (χ0n) is 11.5. The maximum absolute atomic E-state index is 11.9. The van der Waals surface area contributed by atoms with Crippen LogP contribution in [0.1, 0.15) is 47.0 Å². The van der Waals surface area contributed by atoms with E-state index in [4.69, 9.17) is 0 Å². The molecule has 17 heavy (non-hydrogen) atoms. The lowest BCUT2D eigenvalue weighted by molar-refractivity contribution is -0.125. The zero-order valence-corrected chi connectivity index (χ0v) is 11.5. The van der Waals surface area contributed by atoms with Crippen molar-refractivity contribution in [2.75, 3.05) is 19.6 Å². The van der Waals surface area contributed by atoms with Gasteiger partial charge in [-0.3, -0.25) is 9.69 Å². The molecule has 1 aliphatic rings. The molecule has 0 aromatic heterocycles. The van der Waals surface area contributed by atoms with E-state index in [1.54, 1.807) is 0 Å². The third-order valence-electron chi connectivity index (χ3n) is 3.48. The molecule has 0 aromatic rings. The Bertz CT molecular complexity index is 275. The first kappa shape index (κ1) is 14.5. The summed E-state index contributed by atoms with van der Waals surface area (Å²) < 4.78 is 0. The van der Waals surface area contributed by atoms with Gasteiger partial charge in [0.25, 0.3) is 0 Å². The van der Waals surface area contributed by atoms with Crippen LogP contribution in [0.15, 0.2) is 0 Å². The normalized spacial score (nSPS) is 26.9. The molecule has 4 heteroatoms. The number of carbonyl (C=O) groups is 1. The summed E-state index contributed by atoms with van der Waals surface area (Å²) in [5, 5.41) is 13.0. The number of β-amino-alcohol motifs (C(OH)–C–C–N with tert-alkyl or cyclic N) is 1. The lowest BCUT2D eigenvalue weighted by Crippen LogP contribution is -2.52. The summed E-state index contributed by atoms with van der Waals surface area (Å²) in [6, 6.07) is 0. The molecule has 0 radical (unpaired) electrons. The summed E-state index contributed by atoms with van der Waals surface area (Å²) in [7, 11) is 0. The van der Waals surface area contributed by atoms with Crippen molar-refractivity contribution in [2.24, 2.45) is 0 Å². The lowest BCUT2D eigenvalue weighted by atomic mass is 9.95. The number of aliphatic hydroxyl groups is 1. The van der Waals surface area contributed by atoms with Crippen LogP contribution in [-0.4, -0.2) is 46.7 Å². The number of hydrogen-bond acceptors (Lipinski definition) is 3. The highest BCUT2D eigenvalue weighted by atomic mass is 16.3. The van der Waals surface area contributed by atoms with Crippen LogP contribution in [0.4, 0.5) is 0 Å². The average Bonchev–Trinajstić information content (AvgIpc) is 2.14. The van der Waals surface area contributed by atoms with E-state index in [0.29, 0.717) is 13.1 Å². The van der Waals surface area contributed by atoms with Crippen molar-refractivity contribution in [3.05, 3.63) is 0 Å². The number of amides is 1. The molecule has 1 amide bonds. The van der Waals surface area contributed by atoms with E-state index >= 15 is 0 Å². The molecule has 4 nitrogen and oxygen atoms in total. The highest BCUT2D eigenvalue weighted by Crippen LogP contribution is 2.19. The maximum atomic E-state index is 11.9. The molecule has 2 N–H and O–H groups in total. The van der Waals surface area contributed by atoms with Crippen molar-refractivity contribution < 1.29 is 9.90 Å². The van der Waals surface area contributed by atoms with Gasteiger partial charge in [-0.2, -0.15) is 0 Å². The molecule has 1 aliphatic heterocycles. The molecule has 1 atom stereocenters. The molecular weight excluding hydrogens is 216 g/mol. The number of rotatable bonds is 4. The molecule has 1 heterocycles. The second kappa shape index (κ2) is 5.36. The van der Waals surface area contributed by atoms with E-state index in [1.165, 1.54) is 0 Å². The van der Waals surface area contributed by atoms with E-state index in [0.717, 1.165) is 25.8 Å². The van der Waals surface area contributed by atoms with Crippen molar-refractivity contribution in [3.63, 3.8) is 0 Å². The Balaban J connectivity index is 2.41. The van der Waals surface area contributed by atoms with E-state index in [-0.39, 0.29) is 11.4 Å². The monoisotopic (exact) mass is 242 g/mol. The summed E-state index contributed by atoms with van der Waals surface area (Å²) >= 11 is 0. The highest BCUT2D eigenvalue weighted by Gasteiger charge is 2.29. The van der Waals surface area contributed by atoms with Crippen LogP contribution in [-0.2, 0) is 4.79 Å². The first-order valence-corrected chi connectivity index (χ1v) is 6.50. The van der Waals surface area contributed by atoms with Crippen molar-refractivity contribution in [1.82, 2.24) is 10.2 Å². The van der Waals surface area contributed by atoms with E-state index in [9.17, 15) is 9.90 Å². The Morgan fingerprint density at radius 3 is 2.71 bits per heavy atom. The van der Waals surface area contributed by atoms with Gasteiger partial charge in [-0.1, -0.05) is 6.92 Å². The van der Waals surface area contributed by atoms with Gasteiger partial charge in [0.05, 0.1) is 12.1 Å². The zero-order chi connectivity index (χ0) is 13.1. The minimum atomic E-state index is -0.640. The first-order chi connectivity index (χ1) is 7.74. The number of piperidine rings is 1. The van der Waals surface area contributed by atoms with Crippen molar-refractivity contribution in [2.45, 2.75) is 58.1 Å². The quantitative estimate of drug-likeness (QED) is 0.777. The Kier molecular flexibility index (Phi) is 4.55. The van der Waals surface area contributed by atoms with Crippen molar-refractivity contribution in [1.29, 1.82) is 0 Å². The van der Waals surface area contributed by atoms with Gasteiger partial charge in [-0.15, -0.1) is 0 Å². The van der Waals surface area contributed by atoms with E-state index in [2.05, 4.69) is 12.2 Å². The number of likely N-dealkylation sites (tertiary alicyclic amines) is 1. The van der Waals surface area contributed by atoms with Gasteiger partial charge in [0.2, 0.25) is 5.91 Å². The van der Waals surface area contributed by atoms with Gasteiger partial charge in [-0.25, -0.2) is 0 Å². The van der Waals surface area contributed by atoms with Crippen molar-refractivity contribution in [3.8, 4) is 0 Å². The third kappa shape index (κ3) is 5.04. The minimum Gasteiger partial charge on any atom is -0.389 e. The van der Waals surface area contributed by atoms with Crippen LogP contribution in [0.25, 0.3) is 0 Å². The van der Waals surface area contributed by atoms with Gasteiger partial charge in [-0.05, 0) is 46.6 Å². The van der Waals surface area contributed by atoms with Crippen molar-refractivity contribution >= 4 is 5.91 Å². The molecule has 1 saturated heterocycles. The fraction of sp³-hybridized carbons (Fsp3) is 0.923. The fourth-order valence-electron chi connectivity index (χ4n) is 2.17. The smallest absolute Gasteiger partial charge is 0.234 e.